The molecule has 0 bridgehead atoms. The van der Waals surface area contributed by atoms with E-state index in [4.69, 9.17) is 9.47 Å². The van der Waals surface area contributed by atoms with Crippen molar-refractivity contribution in [2.45, 2.75) is 38.2 Å². The molecule has 1 aliphatic rings. The average molecular weight is 445 g/mol. The summed E-state index contributed by atoms with van der Waals surface area (Å²) >= 11 is 1.90. The first-order valence-electron chi connectivity index (χ1n) is 7.99. The highest BCUT2D eigenvalue weighted by atomic mass is 127. The number of ether oxygens (including phenoxy) is 2. The number of nitrogens with zero attached hydrogens (tertiary/aromatic N) is 1. The van der Waals surface area contributed by atoms with E-state index in [0.717, 1.165) is 58.1 Å². The van der Waals surface area contributed by atoms with Gasteiger partial charge in [-0.25, -0.2) is 0 Å². The maximum atomic E-state index is 5.84. The molecule has 0 aromatic carbocycles. The molecule has 1 fully saturated rings. The fourth-order valence-electron chi connectivity index (χ4n) is 2.17. The largest absolute Gasteiger partial charge is 0.381 e. The molecule has 132 valence electrons. The van der Waals surface area contributed by atoms with E-state index in [2.05, 4.69) is 21.9 Å². The lowest BCUT2D eigenvalue weighted by Crippen LogP contribution is -2.38. The molecule has 2 N–H and O–H groups in total. The maximum absolute atomic E-state index is 5.84. The van der Waals surface area contributed by atoms with E-state index >= 15 is 0 Å². The van der Waals surface area contributed by atoms with Crippen molar-refractivity contribution in [1.29, 1.82) is 0 Å². The number of halogens is 1. The fourth-order valence-corrected chi connectivity index (χ4v) is 2.66. The molecule has 0 aromatic heterocycles. The highest BCUT2D eigenvalue weighted by Gasteiger charge is 2.13. The number of hydrogen-bond acceptors (Lipinski definition) is 4. The van der Waals surface area contributed by atoms with Crippen LogP contribution in [0, 0.1) is 0 Å². The summed E-state index contributed by atoms with van der Waals surface area (Å²) in [6, 6.07) is 0. The highest BCUT2D eigenvalue weighted by molar-refractivity contribution is 14.0. The Hall–Kier alpha value is 0.270. The van der Waals surface area contributed by atoms with Crippen molar-refractivity contribution in [3.8, 4) is 0 Å². The normalized spacial score (nSPS) is 16.2. The standard InChI is InChI=1S/C15H31N3O2S.HI/c1-16-15(17-8-3-4-13-21-2)18-9-5-10-20-14-6-11-19-12-7-14;/h14H,3-13H2,1-2H3,(H2,16,17,18);1H. The first-order valence-corrected chi connectivity index (χ1v) is 9.39. The molecular formula is C15H32IN3O2S. The molecule has 0 aromatic rings. The van der Waals surface area contributed by atoms with Gasteiger partial charge in [0.1, 0.15) is 0 Å². The lowest BCUT2D eigenvalue weighted by atomic mass is 10.1. The second kappa shape index (κ2) is 16.1. The number of thioether (sulfide) groups is 1. The minimum Gasteiger partial charge on any atom is -0.381 e. The van der Waals surface area contributed by atoms with Crippen LogP contribution in [0.2, 0.25) is 0 Å². The van der Waals surface area contributed by atoms with Crippen LogP contribution in [0.4, 0.5) is 0 Å². The molecule has 7 heteroatoms. The van der Waals surface area contributed by atoms with Crippen LogP contribution >= 0.6 is 35.7 Å². The van der Waals surface area contributed by atoms with Gasteiger partial charge in [-0.1, -0.05) is 0 Å². The first-order chi connectivity index (χ1) is 10.4. The lowest BCUT2D eigenvalue weighted by Gasteiger charge is -2.22. The average Bonchev–Trinajstić information content (AvgIpc) is 2.53. The summed E-state index contributed by atoms with van der Waals surface area (Å²) in [4.78, 5) is 4.23. The van der Waals surface area contributed by atoms with Gasteiger partial charge in [0, 0.05) is 40.0 Å². The summed E-state index contributed by atoms with van der Waals surface area (Å²) in [6.07, 6.45) is 8.06. The van der Waals surface area contributed by atoms with E-state index in [1.807, 2.05) is 18.8 Å². The van der Waals surface area contributed by atoms with Crippen LogP contribution in [0.15, 0.2) is 4.99 Å². The minimum absolute atomic E-state index is 0. The van der Waals surface area contributed by atoms with Crippen molar-refractivity contribution >= 4 is 41.7 Å². The number of hydrogen-bond donors (Lipinski definition) is 2. The molecule has 5 nitrogen and oxygen atoms in total. The third kappa shape index (κ3) is 11.8. The van der Waals surface area contributed by atoms with Gasteiger partial charge in [-0.05, 0) is 44.1 Å². The summed E-state index contributed by atoms with van der Waals surface area (Å²) in [5.74, 6) is 2.13. The zero-order chi connectivity index (χ0) is 15.2. The first kappa shape index (κ1) is 22.3. The van der Waals surface area contributed by atoms with Crippen LogP contribution in [0.25, 0.3) is 0 Å². The Morgan fingerprint density at radius 2 is 1.86 bits per heavy atom. The Morgan fingerprint density at radius 1 is 1.18 bits per heavy atom. The third-order valence-corrected chi connectivity index (χ3v) is 4.12. The number of unbranched alkanes of at least 4 members (excludes halogenated alkanes) is 1. The van der Waals surface area contributed by atoms with Crippen LogP contribution in [0.1, 0.15) is 32.1 Å². The van der Waals surface area contributed by atoms with Crippen molar-refractivity contribution < 1.29 is 9.47 Å². The Labute approximate surface area is 156 Å². The Kier molecular flexibility index (Phi) is 16.3. The Bertz CT molecular complexity index is 278. The molecular weight excluding hydrogens is 413 g/mol. The van der Waals surface area contributed by atoms with E-state index in [1.54, 1.807) is 0 Å². The van der Waals surface area contributed by atoms with E-state index in [1.165, 1.54) is 18.6 Å². The van der Waals surface area contributed by atoms with Gasteiger partial charge in [-0.15, -0.1) is 24.0 Å². The number of aliphatic imine (C=N–C) groups is 1. The molecule has 1 rings (SSSR count). The van der Waals surface area contributed by atoms with Gasteiger partial charge < -0.3 is 20.1 Å². The molecule has 0 amide bonds. The SMILES string of the molecule is CN=C(NCCCCSC)NCCCOC1CCOCC1.I. The van der Waals surface area contributed by atoms with E-state index < -0.39 is 0 Å². The van der Waals surface area contributed by atoms with Crippen LogP contribution < -0.4 is 10.6 Å². The van der Waals surface area contributed by atoms with Gasteiger partial charge in [0.05, 0.1) is 6.10 Å². The van der Waals surface area contributed by atoms with Gasteiger partial charge in [-0.2, -0.15) is 11.8 Å². The van der Waals surface area contributed by atoms with Crippen molar-refractivity contribution in [2.24, 2.45) is 4.99 Å². The predicted molar refractivity (Wildman–Crippen MR) is 107 cm³/mol. The summed E-state index contributed by atoms with van der Waals surface area (Å²) < 4.78 is 11.2. The van der Waals surface area contributed by atoms with Crippen molar-refractivity contribution in [3.05, 3.63) is 0 Å². The molecule has 0 unspecified atom stereocenters. The lowest BCUT2D eigenvalue weighted by molar-refractivity contribution is -0.0320. The molecule has 1 saturated heterocycles. The second-order valence-electron chi connectivity index (χ2n) is 5.16. The molecule has 22 heavy (non-hydrogen) atoms. The minimum atomic E-state index is 0. The third-order valence-electron chi connectivity index (χ3n) is 3.43. The van der Waals surface area contributed by atoms with Crippen LogP contribution in [0.5, 0.6) is 0 Å². The van der Waals surface area contributed by atoms with Gasteiger partial charge in [0.15, 0.2) is 5.96 Å². The van der Waals surface area contributed by atoms with E-state index in [9.17, 15) is 0 Å². The topological polar surface area (TPSA) is 54.9 Å². The van der Waals surface area contributed by atoms with Crippen LogP contribution in [-0.4, -0.2) is 64.0 Å². The molecule has 0 aliphatic carbocycles. The predicted octanol–water partition coefficient (Wildman–Crippen LogP) is 2.50. The number of rotatable bonds is 10. The number of guanidine groups is 1. The number of nitrogens with one attached hydrogen (secondary N) is 2. The van der Waals surface area contributed by atoms with E-state index in [0.29, 0.717) is 6.10 Å². The van der Waals surface area contributed by atoms with Crippen molar-refractivity contribution in [1.82, 2.24) is 10.6 Å². The van der Waals surface area contributed by atoms with Gasteiger partial charge in [0.25, 0.3) is 0 Å². The summed E-state index contributed by atoms with van der Waals surface area (Å²) in [7, 11) is 1.82. The van der Waals surface area contributed by atoms with E-state index in [-0.39, 0.29) is 24.0 Å². The Balaban J connectivity index is 0.00000441. The fraction of sp³-hybridized carbons (Fsp3) is 0.933. The quantitative estimate of drug-likeness (QED) is 0.234. The van der Waals surface area contributed by atoms with Gasteiger partial charge in [0.2, 0.25) is 0 Å². The summed E-state index contributed by atoms with van der Waals surface area (Å²) in [5.41, 5.74) is 0. The summed E-state index contributed by atoms with van der Waals surface area (Å²) in [5, 5.41) is 6.67. The van der Waals surface area contributed by atoms with Crippen molar-refractivity contribution in [2.75, 3.05) is 52.0 Å². The Morgan fingerprint density at radius 3 is 2.50 bits per heavy atom. The zero-order valence-electron chi connectivity index (χ0n) is 13.9. The van der Waals surface area contributed by atoms with Crippen LogP contribution in [-0.2, 0) is 9.47 Å². The second-order valence-corrected chi connectivity index (χ2v) is 6.15. The molecule has 0 radical (unpaired) electrons. The monoisotopic (exact) mass is 445 g/mol. The van der Waals surface area contributed by atoms with Crippen LogP contribution in [0.3, 0.4) is 0 Å². The molecule has 0 atom stereocenters. The van der Waals surface area contributed by atoms with Gasteiger partial charge >= 0.3 is 0 Å². The molecule has 0 spiro atoms. The molecule has 1 aliphatic heterocycles. The highest BCUT2D eigenvalue weighted by Crippen LogP contribution is 2.10. The van der Waals surface area contributed by atoms with Crippen molar-refractivity contribution in [3.63, 3.8) is 0 Å². The molecule has 0 saturated carbocycles. The smallest absolute Gasteiger partial charge is 0.190 e. The zero-order valence-corrected chi connectivity index (χ0v) is 17.1. The van der Waals surface area contributed by atoms with Gasteiger partial charge in [-0.3, -0.25) is 4.99 Å². The summed E-state index contributed by atoms with van der Waals surface area (Å²) in [6.45, 7) is 4.38. The maximum Gasteiger partial charge on any atom is 0.190 e. The molecule has 1 heterocycles.